The summed E-state index contributed by atoms with van der Waals surface area (Å²) in [7, 11) is 0. The zero-order chi connectivity index (χ0) is 97.5. The normalized spacial score (nSPS) is 19.6. The molecule has 5 aliphatic rings. The number of cyclic esters (lactones) is 2. The van der Waals surface area contributed by atoms with Gasteiger partial charge < -0.3 is 210 Å². The highest BCUT2D eigenvalue weighted by atomic mass is 16.8. The summed E-state index contributed by atoms with van der Waals surface area (Å²) in [5.74, 6) is -67.3. The minimum absolute atomic E-state index is 0.107. The van der Waals surface area contributed by atoms with E-state index in [-0.39, 0.29) is 42.5 Å². The van der Waals surface area contributed by atoms with E-state index in [1.807, 2.05) is 0 Å². The Kier molecular flexibility index (Phi) is 22.0. The average molecular weight is 1870 g/mol. The molecule has 0 spiro atoms. The highest BCUT2D eigenvalue weighted by molar-refractivity contribution is 6.12. The topological polar surface area (TPSA) is 877 Å². The molecule has 5 aliphatic heterocycles. The van der Waals surface area contributed by atoms with Crippen molar-refractivity contribution >= 4 is 59.7 Å². The van der Waals surface area contributed by atoms with Gasteiger partial charge in [-0.05, 0) is 72.8 Å². The van der Waals surface area contributed by atoms with Crippen LogP contribution in [0.4, 0.5) is 0 Å². The molecule has 0 bridgehead atoms. The molecule has 0 radical (unpaired) electrons. The summed E-state index contributed by atoms with van der Waals surface area (Å²) in [5, 5.41) is 319. The molecule has 52 nitrogen and oxygen atoms in total. The Hall–Kier alpha value is -19.2. The summed E-state index contributed by atoms with van der Waals surface area (Å²) in [5.41, 5.74) is -20.3. The zero-order valence-corrected chi connectivity index (χ0v) is 65.6. The summed E-state index contributed by atoms with van der Waals surface area (Å²) in [6.45, 7) is -3.13. The Labute approximate surface area is 735 Å². The van der Waals surface area contributed by atoms with Gasteiger partial charge in [0.2, 0.25) is 82.3 Å². The van der Waals surface area contributed by atoms with E-state index in [9.17, 15) is 172 Å². The Morgan fingerprint density at radius 1 is 0.254 bits per heavy atom. The third-order valence-electron chi connectivity index (χ3n) is 21.0. The second-order valence-corrected chi connectivity index (χ2v) is 29.0. The Morgan fingerprint density at radius 2 is 0.560 bits per heavy atom. The van der Waals surface area contributed by atoms with Gasteiger partial charge in [0.1, 0.15) is 36.5 Å². The van der Waals surface area contributed by atoms with E-state index < -0.39 is 402 Å². The second kappa shape index (κ2) is 32.9. The third kappa shape index (κ3) is 14.9. The van der Waals surface area contributed by atoms with E-state index in [4.69, 9.17) is 61.6 Å². The number of phenolic OH excluding ortho intramolecular Hbond substituents is 29. The number of benzene rings is 10. The van der Waals surface area contributed by atoms with Crippen LogP contribution in [0, 0.1) is 0 Å². The molecule has 5 heterocycles. The van der Waals surface area contributed by atoms with Gasteiger partial charge in [-0.1, -0.05) is 0 Å². The fourth-order valence-electron chi connectivity index (χ4n) is 14.5. The molecule has 10 aromatic carbocycles. The first-order valence-electron chi connectivity index (χ1n) is 37.1. The van der Waals surface area contributed by atoms with Crippen molar-refractivity contribution in [3.63, 3.8) is 0 Å². The van der Waals surface area contributed by atoms with E-state index in [1.54, 1.807) is 0 Å². The lowest BCUT2D eigenvalue weighted by molar-refractivity contribution is -0.283. The van der Waals surface area contributed by atoms with Crippen LogP contribution in [-0.4, -0.2) is 282 Å². The standard InChI is InChI=1S/C82H56O52/c83-26-2-1-18(46(94)49(26)97)75(116)131-69-67(129-71(112)16-3-27(84)47(95)28(85)4-16)65-38(14-122-73(114)19-7-30(87)50(98)57(105)40(19)42-21(76(117)127-65)9-32(89)52(100)59(42)107)125-81(69)133-72(113)17-5-29(86)48(96)37(6-17)124-64-25(13-36(93)56(104)63(64)111)80(121)134-82-70-68(130-78(119)23-11-34(91)54(102)61(109)44(23)45-24(79(120)132-70)12-35(92)55(103)62(45)110)66-39(126-82)15-123-74(115)20-8-31(88)51(99)58(106)41(20)43-22(77(118)128-66)10-33(90)53(101)60(43)108/h1-13,38-39,65-70,81-111H,14-15H2/t38-,39-,65-,66-,67+,68+,69-,70-,81+,82-/m1/s1. The second-order valence-electron chi connectivity index (χ2n) is 29.0. The molecule has 2 saturated heterocycles. The van der Waals surface area contributed by atoms with Crippen molar-refractivity contribution in [2.45, 2.75) is 61.4 Å². The quantitative estimate of drug-likeness (QED) is 0.0527. The Morgan fingerprint density at radius 3 is 0.985 bits per heavy atom. The van der Waals surface area contributed by atoms with Crippen LogP contribution in [0.1, 0.15) is 104 Å². The van der Waals surface area contributed by atoms with Crippen molar-refractivity contribution < 1.29 is 258 Å². The third-order valence-corrected chi connectivity index (χ3v) is 21.0. The number of carbonyl (C=O) groups is 10. The fourth-order valence-corrected chi connectivity index (χ4v) is 14.5. The summed E-state index contributed by atoms with van der Waals surface area (Å²) in [4.78, 5) is 149. The Bertz CT molecular complexity index is 6840. The number of esters is 10. The summed E-state index contributed by atoms with van der Waals surface area (Å²) < 4.78 is 74.4. The minimum Gasteiger partial charge on any atom is -0.504 e. The number of phenols is 29. The van der Waals surface area contributed by atoms with Crippen LogP contribution in [0.25, 0.3) is 33.4 Å². The van der Waals surface area contributed by atoms with Gasteiger partial charge in [-0.15, -0.1) is 0 Å². The number of hydrogen-bond donors (Lipinski definition) is 29. The maximum atomic E-state index is 15.4. The summed E-state index contributed by atoms with van der Waals surface area (Å²) >= 11 is 0. The van der Waals surface area contributed by atoms with Gasteiger partial charge in [-0.25, -0.2) is 47.9 Å². The monoisotopic (exact) mass is 1870 g/mol. The SMILES string of the molecule is O=C(O[C@@H]1O[C@@H]2COC(=O)c3cc(O)c(O)c(O)c3-c3c(cc(O)c(O)c3O)C(=O)O[C@H]2[C@H](OC(=O)c2cc(O)c(O)c(O)c2)[C@H]1OC(=O)c1ccc(O)c(O)c1O)c1cc(O)c(O)c(Oc2c(C(=O)O[C@H]3O[C@@H]4COC(=O)c5cc(O)c(O)c(O)c5-c5c(cc(O)c(O)c5O)C(=O)O[C@H]4[C@@H]4OC(=O)c5cc(O)c(O)c(O)c5-c5c(cc(O)c(O)c5O)C(=O)O[C@@H]34)cc(O)c(O)c2O)c1. The smallest absolute Gasteiger partial charge is 0.344 e. The van der Waals surface area contributed by atoms with E-state index in [1.165, 1.54) is 0 Å². The summed E-state index contributed by atoms with van der Waals surface area (Å²) in [6, 6.07) is 4.15. The first-order chi connectivity index (χ1) is 63.1. The minimum atomic E-state index is -3.09. The molecule has 0 saturated carbocycles. The van der Waals surface area contributed by atoms with Gasteiger partial charge in [-0.2, -0.15) is 0 Å². The molecular formula is C82H56O52. The van der Waals surface area contributed by atoms with Crippen molar-refractivity contribution in [2.24, 2.45) is 0 Å². The molecule has 696 valence electrons. The summed E-state index contributed by atoms with van der Waals surface area (Å²) in [6.07, 6.45) is -28.6. The van der Waals surface area contributed by atoms with Gasteiger partial charge in [0, 0.05) is 39.4 Å². The van der Waals surface area contributed by atoms with Crippen LogP contribution in [0.3, 0.4) is 0 Å². The number of fused-ring (bicyclic) bond motifs is 13. The number of hydrogen-bond acceptors (Lipinski definition) is 52. The van der Waals surface area contributed by atoms with Gasteiger partial charge in [0.05, 0.1) is 44.5 Å². The van der Waals surface area contributed by atoms with E-state index in [0.29, 0.717) is 36.4 Å². The number of carbonyl (C=O) groups excluding carboxylic acids is 10. The van der Waals surface area contributed by atoms with Crippen LogP contribution >= 0.6 is 0 Å². The van der Waals surface area contributed by atoms with Crippen molar-refractivity contribution in [2.75, 3.05) is 13.2 Å². The van der Waals surface area contributed by atoms with Crippen LogP contribution in [0.15, 0.2) is 78.9 Å². The molecular weight excluding hydrogens is 1820 g/mol. The Balaban J connectivity index is 0.840. The van der Waals surface area contributed by atoms with Crippen molar-refractivity contribution in [3.05, 3.63) is 134 Å². The van der Waals surface area contributed by atoms with Gasteiger partial charge in [0.15, 0.2) is 145 Å². The average Bonchev–Trinajstić information content (AvgIpc) is 1.04. The molecule has 0 unspecified atom stereocenters. The van der Waals surface area contributed by atoms with Gasteiger partial charge >= 0.3 is 59.7 Å². The molecule has 0 aromatic heterocycles. The van der Waals surface area contributed by atoms with Crippen molar-refractivity contribution in [1.82, 2.24) is 0 Å². The van der Waals surface area contributed by atoms with Crippen molar-refractivity contribution in [1.29, 1.82) is 0 Å². The highest BCUT2D eigenvalue weighted by Gasteiger charge is 2.59. The predicted octanol–water partition coefficient (Wildman–Crippen LogP) is 3.71. The number of ether oxygens (including phenoxy) is 13. The lowest BCUT2D eigenvalue weighted by Crippen LogP contribution is -2.63. The van der Waals surface area contributed by atoms with Crippen LogP contribution < -0.4 is 4.74 Å². The lowest BCUT2D eigenvalue weighted by Gasteiger charge is -2.44. The lowest BCUT2D eigenvalue weighted by atomic mass is 9.91. The largest absolute Gasteiger partial charge is 0.504 e. The molecule has 0 amide bonds. The van der Waals surface area contributed by atoms with E-state index in [2.05, 4.69) is 0 Å². The first kappa shape index (κ1) is 89.6. The van der Waals surface area contributed by atoms with Crippen LogP contribution in [-0.2, 0) is 56.8 Å². The van der Waals surface area contributed by atoms with Crippen LogP contribution in [0.5, 0.6) is 178 Å². The van der Waals surface area contributed by atoms with Gasteiger partial charge in [0.25, 0.3) is 0 Å². The van der Waals surface area contributed by atoms with Crippen LogP contribution in [0.2, 0.25) is 0 Å². The zero-order valence-electron chi connectivity index (χ0n) is 65.6. The molecule has 2 fully saturated rings. The molecule has 52 heteroatoms. The fraction of sp³-hybridized carbons (Fsp3) is 0.146. The van der Waals surface area contributed by atoms with Crippen molar-refractivity contribution in [3.8, 4) is 212 Å². The molecule has 0 aliphatic carbocycles. The number of rotatable bonds is 10. The maximum Gasteiger partial charge on any atom is 0.344 e. The highest BCUT2D eigenvalue weighted by Crippen LogP contribution is 2.59. The molecule has 10 atom stereocenters. The van der Waals surface area contributed by atoms with E-state index in [0.717, 1.165) is 0 Å². The number of aromatic hydroxyl groups is 29. The predicted molar refractivity (Wildman–Crippen MR) is 414 cm³/mol. The van der Waals surface area contributed by atoms with E-state index >= 15 is 24.0 Å². The maximum absolute atomic E-state index is 15.4. The molecule has 29 N–H and O–H groups in total. The van der Waals surface area contributed by atoms with Gasteiger partial charge in [-0.3, -0.25) is 0 Å². The molecule has 15 rings (SSSR count). The first-order valence-corrected chi connectivity index (χ1v) is 37.1. The molecule has 134 heavy (non-hydrogen) atoms. The molecule has 10 aromatic rings.